The average molecular weight is 377 g/mol. The third kappa shape index (κ3) is 12.2. The van der Waals surface area contributed by atoms with E-state index in [4.69, 9.17) is 0 Å². The maximum Gasteiger partial charge on any atom is 0.269 e. The molecule has 0 spiro atoms. The monoisotopic (exact) mass is 376 g/mol. The predicted molar refractivity (Wildman–Crippen MR) is 111 cm³/mol. The quantitative estimate of drug-likeness (QED) is 0.220. The number of non-ortho nitro benzene ring substituents is 1. The van der Waals surface area contributed by atoms with E-state index in [-0.39, 0.29) is 18.0 Å². The highest BCUT2D eigenvalue weighted by Crippen LogP contribution is 2.13. The highest BCUT2D eigenvalue weighted by Gasteiger charge is 2.07. The molecule has 1 aromatic rings. The summed E-state index contributed by atoms with van der Waals surface area (Å²) in [6, 6.07) is 6.16. The van der Waals surface area contributed by atoms with Crippen LogP contribution in [-0.2, 0) is 11.2 Å². The summed E-state index contributed by atoms with van der Waals surface area (Å²) in [5.74, 6) is -0.0214. The van der Waals surface area contributed by atoms with Crippen molar-refractivity contribution in [3.63, 3.8) is 0 Å². The molecule has 0 saturated heterocycles. The molecule has 1 rings (SSSR count). The van der Waals surface area contributed by atoms with Crippen molar-refractivity contribution in [2.75, 3.05) is 6.54 Å². The molecular formula is C22H36N2O3. The van der Waals surface area contributed by atoms with E-state index in [9.17, 15) is 14.9 Å². The summed E-state index contributed by atoms with van der Waals surface area (Å²) in [6.07, 6.45) is 15.9. The van der Waals surface area contributed by atoms with Crippen molar-refractivity contribution in [2.45, 2.75) is 90.4 Å². The second-order valence-corrected chi connectivity index (χ2v) is 7.34. The molecule has 152 valence electrons. The smallest absolute Gasteiger partial charge is 0.269 e. The lowest BCUT2D eigenvalue weighted by Crippen LogP contribution is -2.26. The largest absolute Gasteiger partial charge is 0.356 e. The van der Waals surface area contributed by atoms with Crippen molar-refractivity contribution in [1.29, 1.82) is 0 Å². The van der Waals surface area contributed by atoms with Crippen molar-refractivity contribution in [3.8, 4) is 0 Å². The number of benzene rings is 1. The summed E-state index contributed by atoms with van der Waals surface area (Å²) < 4.78 is 0. The molecule has 0 saturated carbocycles. The molecule has 1 amide bonds. The molecule has 0 aromatic heterocycles. The zero-order chi connectivity index (χ0) is 19.7. The van der Waals surface area contributed by atoms with Crippen LogP contribution in [0.15, 0.2) is 24.3 Å². The highest BCUT2D eigenvalue weighted by atomic mass is 16.6. The van der Waals surface area contributed by atoms with Gasteiger partial charge >= 0.3 is 0 Å². The standard InChI is InChI=1S/C22H36N2O3/c1-2-3-4-5-6-7-8-9-10-11-12-13-18-23-22(25)19-20-14-16-21(17-15-20)24(26)27/h14-17H,2-13,18-19H2,1H3,(H,23,25). The van der Waals surface area contributed by atoms with Crippen molar-refractivity contribution < 1.29 is 9.72 Å². The summed E-state index contributed by atoms with van der Waals surface area (Å²) >= 11 is 0. The van der Waals surface area contributed by atoms with Gasteiger partial charge in [0.1, 0.15) is 0 Å². The van der Waals surface area contributed by atoms with E-state index < -0.39 is 4.92 Å². The Balaban J connectivity index is 1.93. The first-order valence-corrected chi connectivity index (χ1v) is 10.6. The van der Waals surface area contributed by atoms with Crippen molar-refractivity contribution in [3.05, 3.63) is 39.9 Å². The van der Waals surface area contributed by atoms with Crippen LogP contribution in [0.5, 0.6) is 0 Å². The highest BCUT2D eigenvalue weighted by molar-refractivity contribution is 5.78. The fraction of sp³-hybridized carbons (Fsp3) is 0.682. The minimum absolute atomic E-state index is 0.0214. The number of amides is 1. The Morgan fingerprint density at radius 1 is 0.852 bits per heavy atom. The summed E-state index contributed by atoms with van der Waals surface area (Å²) in [5, 5.41) is 13.5. The number of rotatable bonds is 16. The Kier molecular flexibility index (Phi) is 13.0. The van der Waals surface area contributed by atoms with Crippen LogP contribution in [0, 0.1) is 10.1 Å². The first kappa shape index (κ1) is 23.1. The van der Waals surface area contributed by atoms with Gasteiger partial charge in [-0.25, -0.2) is 0 Å². The molecule has 0 radical (unpaired) electrons. The number of nitro groups is 1. The predicted octanol–water partition coefficient (Wildman–Crippen LogP) is 5.95. The zero-order valence-corrected chi connectivity index (χ0v) is 16.9. The number of carbonyl (C=O) groups excluding carboxylic acids is 1. The first-order chi connectivity index (χ1) is 13.1. The zero-order valence-electron chi connectivity index (χ0n) is 16.9. The molecule has 0 aliphatic heterocycles. The molecule has 0 bridgehead atoms. The van der Waals surface area contributed by atoms with Crippen LogP contribution < -0.4 is 5.32 Å². The molecule has 27 heavy (non-hydrogen) atoms. The molecular weight excluding hydrogens is 340 g/mol. The van der Waals surface area contributed by atoms with Gasteiger partial charge in [-0.15, -0.1) is 0 Å². The second-order valence-electron chi connectivity index (χ2n) is 7.34. The number of carbonyl (C=O) groups is 1. The van der Waals surface area contributed by atoms with Crippen LogP contribution in [0.1, 0.15) is 89.5 Å². The van der Waals surface area contributed by atoms with Gasteiger partial charge in [-0.1, -0.05) is 89.7 Å². The number of nitrogens with zero attached hydrogens (tertiary/aromatic N) is 1. The Hall–Kier alpha value is -1.91. The van der Waals surface area contributed by atoms with Gasteiger partial charge in [-0.2, -0.15) is 0 Å². The van der Waals surface area contributed by atoms with E-state index in [0.717, 1.165) is 18.4 Å². The summed E-state index contributed by atoms with van der Waals surface area (Å²) in [6.45, 7) is 2.97. The second kappa shape index (κ2) is 15.2. The SMILES string of the molecule is CCCCCCCCCCCCCCNC(=O)Cc1ccc([N+](=O)[O-])cc1. The molecule has 5 heteroatoms. The van der Waals surface area contributed by atoms with E-state index in [1.807, 2.05) is 0 Å². The molecule has 0 fully saturated rings. The molecule has 0 unspecified atom stereocenters. The molecule has 0 aliphatic rings. The van der Waals surface area contributed by atoms with Gasteiger partial charge in [-0.05, 0) is 12.0 Å². The Labute approximate surface area is 164 Å². The number of nitrogens with one attached hydrogen (secondary N) is 1. The molecule has 0 aliphatic carbocycles. The van der Waals surface area contributed by atoms with Crippen LogP contribution in [0.3, 0.4) is 0 Å². The van der Waals surface area contributed by atoms with Gasteiger partial charge in [0, 0.05) is 18.7 Å². The normalized spacial score (nSPS) is 10.7. The summed E-state index contributed by atoms with van der Waals surface area (Å²) in [5.41, 5.74) is 0.850. The van der Waals surface area contributed by atoms with Gasteiger partial charge < -0.3 is 5.32 Å². The van der Waals surface area contributed by atoms with Gasteiger partial charge in [0.05, 0.1) is 11.3 Å². The summed E-state index contributed by atoms with van der Waals surface area (Å²) in [7, 11) is 0. The molecule has 0 heterocycles. The Morgan fingerprint density at radius 3 is 1.81 bits per heavy atom. The topological polar surface area (TPSA) is 72.2 Å². The molecule has 1 N–H and O–H groups in total. The lowest BCUT2D eigenvalue weighted by molar-refractivity contribution is -0.384. The molecule has 5 nitrogen and oxygen atoms in total. The van der Waals surface area contributed by atoms with E-state index in [2.05, 4.69) is 12.2 Å². The third-order valence-electron chi connectivity index (χ3n) is 4.86. The first-order valence-electron chi connectivity index (χ1n) is 10.6. The van der Waals surface area contributed by atoms with Crippen LogP contribution >= 0.6 is 0 Å². The minimum Gasteiger partial charge on any atom is -0.356 e. The van der Waals surface area contributed by atoms with Gasteiger partial charge in [0.25, 0.3) is 5.69 Å². The average Bonchev–Trinajstić information content (AvgIpc) is 2.66. The molecule has 0 atom stereocenters. The van der Waals surface area contributed by atoms with E-state index >= 15 is 0 Å². The van der Waals surface area contributed by atoms with Crippen LogP contribution in [0.4, 0.5) is 5.69 Å². The van der Waals surface area contributed by atoms with Crippen LogP contribution in [0.2, 0.25) is 0 Å². The number of nitro benzene ring substituents is 1. The van der Waals surface area contributed by atoms with E-state index in [1.165, 1.54) is 76.3 Å². The number of hydrogen-bond donors (Lipinski definition) is 1. The third-order valence-corrected chi connectivity index (χ3v) is 4.86. The maximum atomic E-state index is 11.9. The fourth-order valence-corrected chi connectivity index (χ4v) is 3.18. The minimum atomic E-state index is -0.433. The fourth-order valence-electron chi connectivity index (χ4n) is 3.18. The van der Waals surface area contributed by atoms with Crippen molar-refractivity contribution >= 4 is 11.6 Å². The maximum absolute atomic E-state index is 11.9. The van der Waals surface area contributed by atoms with Crippen LogP contribution in [-0.4, -0.2) is 17.4 Å². The van der Waals surface area contributed by atoms with Crippen molar-refractivity contribution in [1.82, 2.24) is 5.32 Å². The lowest BCUT2D eigenvalue weighted by atomic mass is 10.1. The van der Waals surface area contributed by atoms with E-state index in [1.54, 1.807) is 12.1 Å². The number of hydrogen-bond acceptors (Lipinski definition) is 3. The van der Waals surface area contributed by atoms with Gasteiger partial charge in [0.2, 0.25) is 5.91 Å². The van der Waals surface area contributed by atoms with E-state index in [0.29, 0.717) is 6.54 Å². The summed E-state index contributed by atoms with van der Waals surface area (Å²) in [4.78, 5) is 22.1. The van der Waals surface area contributed by atoms with Crippen molar-refractivity contribution in [2.24, 2.45) is 0 Å². The van der Waals surface area contributed by atoms with Gasteiger partial charge in [0.15, 0.2) is 0 Å². The molecule has 1 aromatic carbocycles. The number of unbranched alkanes of at least 4 members (excludes halogenated alkanes) is 11. The Morgan fingerprint density at radius 2 is 1.33 bits per heavy atom. The van der Waals surface area contributed by atoms with Crippen LogP contribution in [0.25, 0.3) is 0 Å². The van der Waals surface area contributed by atoms with Gasteiger partial charge in [-0.3, -0.25) is 14.9 Å². The Bertz CT molecular complexity index is 529. The lowest BCUT2D eigenvalue weighted by Gasteiger charge is -2.06.